The number of fused-ring (bicyclic) bond motifs is 1. The molecule has 0 fully saturated rings. The Hall–Kier alpha value is -1.12. The van der Waals surface area contributed by atoms with Crippen molar-refractivity contribution < 1.29 is 4.79 Å². The van der Waals surface area contributed by atoms with Crippen molar-refractivity contribution in [2.75, 3.05) is 0 Å². The van der Waals surface area contributed by atoms with Gasteiger partial charge in [0.25, 0.3) is 0 Å². The van der Waals surface area contributed by atoms with E-state index in [0.29, 0.717) is 18.5 Å². The van der Waals surface area contributed by atoms with Crippen LogP contribution in [0.1, 0.15) is 32.6 Å². The highest BCUT2D eigenvalue weighted by Gasteiger charge is 2.27. The van der Waals surface area contributed by atoms with Crippen LogP contribution in [0.25, 0.3) is 0 Å². The Kier molecular flexibility index (Phi) is 2.66. The first kappa shape index (κ1) is 9.44. The van der Waals surface area contributed by atoms with Crippen LogP contribution in [0.3, 0.4) is 0 Å². The molecule has 1 aliphatic heterocycles. The van der Waals surface area contributed by atoms with Gasteiger partial charge in [0.1, 0.15) is 5.78 Å². The minimum atomic E-state index is 0.236. The van der Waals surface area contributed by atoms with Crippen LogP contribution in [0.2, 0.25) is 0 Å². The molecule has 0 bridgehead atoms. The van der Waals surface area contributed by atoms with Crippen molar-refractivity contribution in [3.8, 4) is 0 Å². The summed E-state index contributed by atoms with van der Waals surface area (Å²) in [6.45, 7) is 1.63. The molecule has 0 spiro atoms. The highest BCUT2D eigenvalue weighted by atomic mass is 16.1. The molecule has 14 heavy (non-hydrogen) atoms. The molecule has 0 radical (unpaired) electrons. The molecule has 2 rings (SSSR count). The van der Waals surface area contributed by atoms with Crippen molar-refractivity contribution in [2.24, 2.45) is 4.99 Å². The molecule has 0 aromatic heterocycles. The molecule has 0 saturated heterocycles. The van der Waals surface area contributed by atoms with Crippen LogP contribution in [-0.4, -0.2) is 23.7 Å². The van der Waals surface area contributed by atoms with Gasteiger partial charge in [-0.2, -0.15) is 0 Å². The summed E-state index contributed by atoms with van der Waals surface area (Å²) in [4.78, 5) is 15.4. The summed E-state index contributed by atoms with van der Waals surface area (Å²) < 4.78 is 0. The Labute approximate surface area is 84.3 Å². The topological polar surface area (TPSA) is 41.5 Å². The lowest BCUT2D eigenvalue weighted by Gasteiger charge is -2.18. The number of carbonyl (C=O) groups excluding carboxylic acids is 1. The lowest BCUT2D eigenvalue weighted by Crippen LogP contribution is -2.35. The third-order valence-corrected chi connectivity index (χ3v) is 2.76. The summed E-state index contributed by atoms with van der Waals surface area (Å²) in [7, 11) is 0. The molecule has 1 heterocycles. The third kappa shape index (κ3) is 2.03. The molecular weight excluding hydrogens is 176 g/mol. The second kappa shape index (κ2) is 3.95. The van der Waals surface area contributed by atoms with Gasteiger partial charge in [0.05, 0.1) is 17.9 Å². The van der Waals surface area contributed by atoms with E-state index in [2.05, 4.69) is 22.5 Å². The Morgan fingerprint density at radius 3 is 3.29 bits per heavy atom. The molecule has 2 atom stereocenters. The molecule has 0 aromatic carbocycles. The molecule has 0 aromatic rings. The van der Waals surface area contributed by atoms with E-state index in [1.54, 1.807) is 6.92 Å². The van der Waals surface area contributed by atoms with E-state index in [4.69, 9.17) is 0 Å². The normalized spacial score (nSPS) is 29.4. The Morgan fingerprint density at radius 1 is 1.71 bits per heavy atom. The lowest BCUT2D eigenvalue weighted by atomic mass is 9.99. The van der Waals surface area contributed by atoms with E-state index >= 15 is 0 Å². The zero-order valence-corrected chi connectivity index (χ0v) is 8.49. The first-order valence-electron chi connectivity index (χ1n) is 5.25. The van der Waals surface area contributed by atoms with E-state index in [0.717, 1.165) is 25.1 Å². The molecule has 2 aliphatic rings. The van der Waals surface area contributed by atoms with Gasteiger partial charge in [0.2, 0.25) is 0 Å². The maximum Gasteiger partial charge on any atom is 0.130 e. The highest BCUT2D eigenvalue weighted by Crippen LogP contribution is 2.20. The number of ketones is 1. The standard InChI is InChI=1S/C11H16N2O/c1-8(14)6-7-11-12-9-4-2-3-5-10(9)13-11/h2,4,9-10H,3,5-7H2,1H3,(H,12,13)/t9-,10?/m1/s1. The zero-order chi connectivity index (χ0) is 9.97. The average molecular weight is 192 g/mol. The van der Waals surface area contributed by atoms with E-state index in [-0.39, 0.29) is 5.78 Å². The highest BCUT2D eigenvalue weighted by molar-refractivity contribution is 5.88. The van der Waals surface area contributed by atoms with E-state index in [9.17, 15) is 4.79 Å². The summed E-state index contributed by atoms with van der Waals surface area (Å²) >= 11 is 0. The number of rotatable bonds is 3. The second-order valence-electron chi connectivity index (χ2n) is 4.02. The second-order valence-corrected chi connectivity index (χ2v) is 4.02. The van der Waals surface area contributed by atoms with E-state index < -0.39 is 0 Å². The average Bonchev–Trinajstić information content (AvgIpc) is 2.57. The van der Waals surface area contributed by atoms with Crippen molar-refractivity contribution in [2.45, 2.75) is 44.7 Å². The number of aliphatic imine (C=N–C) groups is 1. The predicted molar refractivity (Wildman–Crippen MR) is 56.4 cm³/mol. The lowest BCUT2D eigenvalue weighted by molar-refractivity contribution is -0.116. The minimum absolute atomic E-state index is 0.236. The molecule has 3 heteroatoms. The van der Waals surface area contributed by atoms with Gasteiger partial charge in [-0.3, -0.25) is 4.99 Å². The van der Waals surface area contributed by atoms with Gasteiger partial charge in [-0.05, 0) is 19.8 Å². The van der Waals surface area contributed by atoms with Crippen molar-refractivity contribution in [1.82, 2.24) is 5.32 Å². The van der Waals surface area contributed by atoms with Gasteiger partial charge in [-0.15, -0.1) is 0 Å². The summed E-state index contributed by atoms with van der Waals surface area (Å²) in [5.41, 5.74) is 0. The molecular formula is C11H16N2O. The van der Waals surface area contributed by atoms with Crippen LogP contribution in [-0.2, 0) is 4.79 Å². The van der Waals surface area contributed by atoms with Crippen LogP contribution >= 0.6 is 0 Å². The zero-order valence-electron chi connectivity index (χ0n) is 8.49. The monoisotopic (exact) mass is 192 g/mol. The van der Waals surface area contributed by atoms with Crippen molar-refractivity contribution in [3.63, 3.8) is 0 Å². The number of nitrogens with one attached hydrogen (secondary N) is 1. The maximum absolute atomic E-state index is 10.8. The smallest absolute Gasteiger partial charge is 0.130 e. The van der Waals surface area contributed by atoms with Crippen molar-refractivity contribution in [1.29, 1.82) is 0 Å². The maximum atomic E-state index is 10.8. The molecule has 0 saturated carbocycles. The summed E-state index contributed by atoms with van der Waals surface area (Å²) in [6, 6.07) is 0.813. The van der Waals surface area contributed by atoms with Gasteiger partial charge in [0, 0.05) is 12.8 Å². The van der Waals surface area contributed by atoms with Crippen LogP contribution < -0.4 is 5.32 Å². The Balaban J connectivity index is 1.91. The number of carbonyl (C=O) groups is 1. The number of Topliss-reactive ketones (excluding diaryl/α,β-unsaturated/α-hetero) is 1. The Morgan fingerprint density at radius 2 is 2.57 bits per heavy atom. The number of hydrogen-bond acceptors (Lipinski definition) is 3. The molecule has 1 aliphatic carbocycles. The molecule has 0 amide bonds. The number of nitrogens with zero attached hydrogens (tertiary/aromatic N) is 1. The van der Waals surface area contributed by atoms with Crippen LogP contribution in [0.4, 0.5) is 0 Å². The van der Waals surface area contributed by atoms with E-state index in [1.165, 1.54) is 0 Å². The number of hydrogen-bond donors (Lipinski definition) is 1. The van der Waals surface area contributed by atoms with Crippen LogP contribution in [0, 0.1) is 0 Å². The third-order valence-electron chi connectivity index (χ3n) is 2.76. The van der Waals surface area contributed by atoms with Gasteiger partial charge < -0.3 is 10.1 Å². The molecule has 76 valence electrons. The summed E-state index contributed by atoms with van der Waals surface area (Å²) in [5.74, 6) is 1.25. The number of allylic oxidation sites excluding steroid dienone is 1. The first-order chi connectivity index (χ1) is 6.75. The SMILES string of the molecule is CC(=O)CCC1=N[C@@H]2C=CCCC2N1. The fourth-order valence-corrected chi connectivity index (χ4v) is 1.97. The quantitative estimate of drug-likeness (QED) is 0.687. The van der Waals surface area contributed by atoms with Crippen LogP contribution in [0.5, 0.6) is 0 Å². The first-order valence-corrected chi connectivity index (χ1v) is 5.25. The molecule has 1 unspecified atom stereocenters. The largest absolute Gasteiger partial charge is 0.369 e. The van der Waals surface area contributed by atoms with Gasteiger partial charge in [-0.1, -0.05) is 12.2 Å². The van der Waals surface area contributed by atoms with Crippen molar-refractivity contribution in [3.05, 3.63) is 12.2 Å². The van der Waals surface area contributed by atoms with Gasteiger partial charge in [-0.25, -0.2) is 0 Å². The van der Waals surface area contributed by atoms with Crippen LogP contribution in [0.15, 0.2) is 17.1 Å². The Bertz CT molecular complexity index is 294. The summed E-state index contributed by atoms with van der Waals surface area (Å²) in [5, 5.41) is 3.39. The molecule has 1 N–H and O–H groups in total. The number of amidine groups is 1. The predicted octanol–water partition coefficient (Wildman–Crippen LogP) is 1.44. The summed E-state index contributed by atoms with van der Waals surface area (Å²) in [6.07, 6.45) is 8.05. The van der Waals surface area contributed by atoms with E-state index in [1.807, 2.05) is 0 Å². The fraction of sp³-hybridized carbons (Fsp3) is 0.636. The van der Waals surface area contributed by atoms with Gasteiger partial charge in [0.15, 0.2) is 0 Å². The van der Waals surface area contributed by atoms with Crippen molar-refractivity contribution >= 4 is 11.6 Å². The fourth-order valence-electron chi connectivity index (χ4n) is 1.97. The van der Waals surface area contributed by atoms with Gasteiger partial charge >= 0.3 is 0 Å². The molecule has 3 nitrogen and oxygen atoms in total. The minimum Gasteiger partial charge on any atom is -0.369 e.